The third-order valence-electron chi connectivity index (χ3n) is 5.06. The second kappa shape index (κ2) is 8.86. The molecule has 1 heterocycles. The second-order valence-electron chi connectivity index (χ2n) is 6.82. The minimum absolute atomic E-state index is 0.271. The fourth-order valence-corrected chi connectivity index (χ4v) is 6.32. The minimum atomic E-state index is 0.271. The van der Waals surface area contributed by atoms with Crippen molar-refractivity contribution >= 4 is 19.4 Å². The average molecular weight is 422 g/mol. The van der Waals surface area contributed by atoms with Crippen LogP contribution in [0.1, 0.15) is 36.6 Å². The van der Waals surface area contributed by atoms with Gasteiger partial charge < -0.3 is 0 Å². The van der Waals surface area contributed by atoms with Crippen molar-refractivity contribution in [2.24, 2.45) is 0 Å². The van der Waals surface area contributed by atoms with Crippen LogP contribution in [-0.4, -0.2) is 26.6 Å². The maximum atomic E-state index is 6.36. The van der Waals surface area contributed by atoms with Gasteiger partial charge in [-0.25, -0.2) is 0 Å². The second-order valence-corrected chi connectivity index (χ2v) is 9.57. The standard InChI is InChI=1S/C24H25NOSe/c1-2-22(19-12-6-3-7-13-19)25-24(20-14-8-4-9-15-20)23(18-26-25)27-21-16-10-5-11-17-21/h3-17,22-24H,2,18H2,1H3/t22?,23-,24+/m1/s1. The molecule has 0 saturated carbocycles. The van der Waals surface area contributed by atoms with Gasteiger partial charge in [-0.2, -0.15) is 0 Å². The molecule has 1 aliphatic rings. The van der Waals surface area contributed by atoms with Gasteiger partial charge in [-0.3, -0.25) is 0 Å². The summed E-state index contributed by atoms with van der Waals surface area (Å²) < 4.78 is 1.44. The number of nitrogens with zero attached hydrogens (tertiary/aromatic N) is 1. The van der Waals surface area contributed by atoms with Gasteiger partial charge in [0.25, 0.3) is 0 Å². The summed E-state index contributed by atoms with van der Waals surface area (Å²) in [5.74, 6) is 0. The molecule has 3 aromatic rings. The number of hydroxylamine groups is 2. The van der Waals surface area contributed by atoms with E-state index in [4.69, 9.17) is 4.84 Å². The predicted molar refractivity (Wildman–Crippen MR) is 112 cm³/mol. The molecule has 1 aliphatic heterocycles. The first-order valence-corrected chi connectivity index (χ1v) is 11.4. The van der Waals surface area contributed by atoms with Crippen molar-refractivity contribution in [1.29, 1.82) is 0 Å². The van der Waals surface area contributed by atoms with E-state index in [-0.39, 0.29) is 12.1 Å². The molecule has 0 spiro atoms. The molecule has 3 atom stereocenters. The van der Waals surface area contributed by atoms with E-state index in [2.05, 4.69) is 103 Å². The molecule has 0 aliphatic carbocycles. The molecule has 0 radical (unpaired) electrons. The first-order valence-electron chi connectivity index (χ1n) is 9.59. The molecule has 2 nitrogen and oxygen atoms in total. The zero-order chi connectivity index (χ0) is 18.5. The van der Waals surface area contributed by atoms with Crippen molar-refractivity contribution in [2.75, 3.05) is 6.61 Å². The third-order valence-corrected chi connectivity index (χ3v) is 7.67. The van der Waals surface area contributed by atoms with Crippen molar-refractivity contribution in [3.8, 4) is 0 Å². The van der Waals surface area contributed by atoms with Crippen LogP contribution in [0, 0.1) is 0 Å². The molecule has 3 aromatic carbocycles. The molecule has 0 bridgehead atoms. The predicted octanol–water partition coefficient (Wildman–Crippen LogP) is 4.94. The van der Waals surface area contributed by atoms with Gasteiger partial charge in [0, 0.05) is 0 Å². The van der Waals surface area contributed by atoms with Crippen LogP contribution >= 0.6 is 0 Å². The SMILES string of the molecule is CCC(c1ccccc1)N1OC[C@@H]([Se]c2ccccc2)[C@@H]1c1ccccc1. The Kier molecular flexibility index (Phi) is 6.06. The molecular formula is C24H25NOSe. The maximum absolute atomic E-state index is 6.36. The van der Waals surface area contributed by atoms with E-state index < -0.39 is 0 Å². The van der Waals surface area contributed by atoms with Crippen LogP contribution in [0.3, 0.4) is 0 Å². The van der Waals surface area contributed by atoms with Gasteiger partial charge in [-0.1, -0.05) is 0 Å². The van der Waals surface area contributed by atoms with Gasteiger partial charge in [-0.05, 0) is 0 Å². The van der Waals surface area contributed by atoms with E-state index in [1.54, 1.807) is 0 Å². The van der Waals surface area contributed by atoms with Crippen molar-refractivity contribution in [3.63, 3.8) is 0 Å². The van der Waals surface area contributed by atoms with Gasteiger partial charge >= 0.3 is 168 Å². The quantitative estimate of drug-likeness (QED) is 0.522. The number of rotatable bonds is 6. The first kappa shape index (κ1) is 18.5. The van der Waals surface area contributed by atoms with Crippen molar-refractivity contribution in [3.05, 3.63) is 102 Å². The fourth-order valence-electron chi connectivity index (χ4n) is 3.80. The number of hydrogen-bond donors (Lipinski definition) is 0. The molecule has 1 fully saturated rings. The van der Waals surface area contributed by atoms with Gasteiger partial charge in [0.05, 0.1) is 0 Å². The summed E-state index contributed by atoms with van der Waals surface area (Å²) in [6, 6.07) is 33.1. The summed E-state index contributed by atoms with van der Waals surface area (Å²) in [5, 5.41) is 2.28. The van der Waals surface area contributed by atoms with Crippen LogP contribution in [0.5, 0.6) is 0 Å². The van der Waals surface area contributed by atoms with Crippen LogP contribution < -0.4 is 4.46 Å². The Morgan fingerprint density at radius 2 is 1.48 bits per heavy atom. The molecule has 138 valence electrons. The Bertz CT molecular complexity index is 825. The van der Waals surface area contributed by atoms with E-state index in [9.17, 15) is 0 Å². The van der Waals surface area contributed by atoms with Crippen LogP contribution in [0.25, 0.3) is 0 Å². The normalized spacial score (nSPS) is 21.2. The Balaban J connectivity index is 1.66. The zero-order valence-electron chi connectivity index (χ0n) is 15.6. The monoisotopic (exact) mass is 423 g/mol. The summed E-state index contributed by atoms with van der Waals surface area (Å²) in [4.78, 5) is 6.86. The third kappa shape index (κ3) is 4.17. The van der Waals surface area contributed by atoms with Crippen molar-refractivity contribution in [2.45, 2.75) is 30.2 Å². The molecule has 1 unspecified atom stereocenters. The summed E-state index contributed by atoms with van der Waals surface area (Å²) in [7, 11) is 0. The summed E-state index contributed by atoms with van der Waals surface area (Å²) in [6.45, 7) is 3.04. The van der Waals surface area contributed by atoms with Gasteiger partial charge in [0.2, 0.25) is 0 Å². The van der Waals surface area contributed by atoms with Crippen LogP contribution in [-0.2, 0) is 4.84 Å². The number of benzene rings is 3. The molecule has 0 aromatic heterocycles. The Morgan fingerprint density at radius 1 is 0.889 bits per heavy atom. The van der Waals surface area contributed by atoms with Gasteiger partial charge in [0.1, 0.15) is 0 Å². The Morgan fingerprint density at radius 3 is 2.11 bits per heavy atom. The zero-order valence-corrected chi connectivity index (χ0v) is 17.3. The summed E-state index contributed by atoms with van der Waals surface area (Å²) in [6.07, 6.45) is 1.03. The molecule has 27 heavy (non-hydrogen) atoms. The Hall–Kier alpha value is -1.90. The molecule has 0 amide bonds. The number of hydrogen-bond acceptors (Lipinski definition) is 2. The fraction of sp³-hybridized carbons (Fsp3) is 0.250. The Labute approximate surface area is 168 Å². The summed E-state index contributed by atoms with van der Waals surface area (Å²) in [5.41, 5.74) is 2.68. The molecule has 4 rings (SSSR count). The van der Waals surface area contributed by atoms with Crippen molar-refractivity contribution < 1.29 is 4.84 Å². The van der Waals surface area contributed by atoms with Crippen LogP contribution in [0.4, 0.5) is 0 Å². The topological polar surface area (TPSA) is 12.5 Å². The van der Waals surface area contributed by atoms with E-state index in [0.29, 0.717) is 19.8 Å². The summed E-state index contributed by atoms with van der Waals surface area (Å²) >= 11 is 0.367. The van der Waals surface area contributed by atoms with E-state index in [1.165, 1.54) is 15.6 Å². The van der Waals surface area contributed by atoms with Crippen molar-refractivity contribution in [1.82, 2.24) is 5.06 Å². The van der Waals surface area contributed by atoms with Gasteiger partial charge in [0.15, 0.2) is 0 Å². The molecule has 0 N–H and O–H groups in total. The van der Waals surface area contributed by atoms with Crippen LogP contribution in [0.15, 0.2) is 91.0 Å². The molecule has 1 saturated heterocycles. The van der Waals surface area contributed by atoms with E-state index >= 15 is 0 Å². The molecular weight excluding hydrogens is 397 g/mol. The average Bonchev–Trinajstić information content (AvgIpc) is 3.14. The van der Waals surface area contributed by atoms with E-state index in [1.807, 2.05) is 0 Å². The van der Waals surface area contributed by atoms with Gasteiger partial charge in [-0.15, -0.1) is 0 Å². The molecule has 3 heteroatoms. The van der Waals surface area contributed by atoms with Crippen LogP contribution in [0.2, 0.25) is 4.82 Å². The van der Waals surface area contributed by atoms with E-state index in [0.717, 1.165) is 13.0 Å². The first-order chi connectivity index (χ1) is 13.4.